The zero-order valence-electron chi connectivity index (χ0n) is 11.7. The molecule has 1 rings (SSSR count). The zero-order chi connectivity index (χ0) is 14.4. The van der Waals surface area contributed by atoms with E-state index in [4.69, 9.17) is 14.2 Å². The normalized spacial score (nSPS) is 13.0. The molecule has 0 aliphatic heterocycles. The molecule has 4 nitrogen and oxygen atoms in total. The molecular weight excluding hydrogens is 284 g/mol. The highest BCUT2D eigenvalue weighted by molar-refractivity contribution is 8.16. The van der Waals surface area contributed by atoms with Gasteiger partial charge in [0.15, 0.2) is 11.5 Å². The van der Waals surface area contributed by atoms with Crippen LogP contribution in [0.15, 0.2) is 16.4 Å². The van der Waals surface area contributed by atoms with E-state index in [0.717, 1.165) is 9.80 Å². The molecule has 0 radical (unpaired) electrons. The molecule has 0 bridgehead atoms. The van der Waals surface area contributed by atoms with Crippen LogP contribution in [0.5, 0.6) is 17.2 Å². The van der Waals surface area contributed by atoms with Gasteiger partial charge in [-0.3, -0.25) is 4.21 Å². The summed E-state index contributed by atoms with van der Waals surface area (Å²) in [5.74, 6) is 1.70. The average Bonchev–Trinajstić information content (AvgIpc) is 2.42. The van der Waals surface area contributed by atoms with E-state index in [1.54, 1.807) is 27.6 Å². The first-order valence-electron chi connectivity index (χ1n) is 5.46. The quantitative estimate of drug-likeness (QED) is 0.808. The van der Waals surface area contributed by atoms with Gasteiger partial charge in [-0.2, -0.15) is 0 Å². The molecule has 106 valence electrons. The second kappa shape index (κ2) is 7.45. The van der Waals surface area contributed by atoms with Gasteiger partial charge in [0.2, 0.25) is 5.75 Å². The second-order valence-corrected chi connectivity index (χ2v) is 6.03. The van der Waals surface area contributed by atoms with E-state index in [1.165, 1.54) is 11.8 Å². The molecule has 19 heavy (non-hydrogen) atoms. The molecule has 1 aromatic carbocycles. The van der Waals surface area contributed by atoms with Gasteiger partial charge in [0.25, 0.3) is 0 Å². The summed E-state index contributed by atoms with van der Waals surface area (Å²) in [5, 5.41) is 0. The van der Waals surface area contributed by atoms with Crippen molar-refractivity contribution in [1.29, 1.82) is 0 Å². The summed E-state index contributed by atoms with van der Waals surface area (Å²) in [4.78, 5) is 0. The molecule has 0 N–H and O–H groups in total. The van der Waals surface area contributed by atoms with Gasteiger partial charge in [-0.25, -0.2) is 0 Å². The average molecular weight is 302 g/mol. The van der Waals surface area contributed by atoms with Crippen molar-refractivity contribution in [2.45, 2.75) is 0 Å². The standard InChI is InChI=1S/C13H18O4S2/c1-15-10-6-9(8-12(18-4)19(5)14)7-11(16-2)13(10)17-3/h6-8H,1-5H3/b12-8+. The Kier molecular flexibility index (Phi) is 6.24. The maximum absolute atomic E-state index is 11.5. The summed E-state index contributed by atoms with van der Waals surface area (Å²) in [6, 6.07) is 3.65. The van der Waals surface area contributed by atoms with Crippen molar-refractivity contribution in [2.75, 3.05) is 33.8 Å². The van der Waals surface area contributed by atoms with Gasteiger partial charge in [0.05, 0.1) is 36.4 Å². The van der Waals surface area contributed by atoms with Crippen molar-refractivity contribution in [3.8, 4) is 17.2 Å². The molecule has 1 unspecified atom stereocenters. The van der Waals surface area contributed by atoms with Crippen LogP contribution in [0, 0.1) is 0 Å². The molecule has 1 aromatic rings. The van der Waals surface area contributed by atoms with E-state index in [0.29, 0.717) is 17.2 Å². The van der Waals surface area contributed by atoms with Crippen LogP contribution in [-0.4, -0.2) is 38.0 Å². The summed E-state index contributed by atoms with van der Waals surface area (Å²) < 4.78 is 28.1. The highest BCUT2D eigenvalue weighted by Crippen LogP contribution is 2.39. The van der Waals surface area contributed by atoms with Gasteiger partial charge < -0.3 is 14.2 Å². The summed E-state index contributed by atoms with van der Waals surface area (Å²) in [6.45, 7) is 0. The Morgan fingerprint density at radius 1 is 1.16 bits per heavy atom. The Morgan fingerprint density at radius 2 is 1.68 bits per heavy atom. The van der Waals surface area contributed by atoms with E-state index in [1.807, 2.05) is 24.5 Å². The molecular formula is C13H18O4S2. The third kappa shape index (κ3) is 3.91. The van der Waals surface area contributed by atoms with Crippen molar-refractivity contribution in [3.63, 3.8) is 0 Å². The van der Waals surface area contributed by atoms with Gasteiger partial charge in [0.1, 0.15) is 0 Å². The minimum Gasteiger partial charge on any atom is -0.493 e. The third-order valence-corrected chi connectivity index (χ3v) is 4.86. The smallest absolute Gasteiger partial charge is 0.203 e. The fraction of sp³-hybridized carbons (Fsp3) is 0.385. The Bertz CT molecular complexity index is 472. The second-order valence-electron chi connectivity index (χ2n) is 3.58. The third-order valence-electron chi connectivity index (χ3n) is 2.46. The first kappa shape index (κ1) is 15.9. The maximum atomic E-state index is 11.5. The topological polar surface area (TPSA) is 44.8 Å². The van der Waals surface area contributed by atoms with Gasteiger partial charge in [-0.15, -0.1) is 11.8 Å². The van der Waals surface area contributed by atoms with Crippen LogP contribution < -0.4 is 14.2 Å². The van der Waals surface area contributed by atoms with E-state index >= 15 is 0 Å². The van der Waals surface area contributed by atoms with E-state index in [9.17, 15) is 4.21 Å². The lowest BCUT2D eigenvalue weighted by Gasteiger charge is -2.13. The van der Waals surface area contributed by atoms with Crippen molar-refractivity contribution >= 4 is 28.6 Å². The number of hydrogen-bond acceptors (Lipinski definition) is 5. The number of benzene rings is 1. The first-order chi connectivity index (χ1) is 9.07. The molecule has 6 heteroatoms. The van der Waals surface area contributed by atoms with Crippen molar-refractivity contribution < 1.29 is 18.4 Å². The predicted molar refractivity (Wildman–Crippen MR) is 81.7 cm³/mol. The number of thioether (sulfide) groups is 1. The van der Waals surface area contributed by atoms with Crippen molar-refractivity contribution in [3.05, 3.63) is 21.9 Å². The Labute approximate surface area is 120 Å². The number of methoxy groups -OCH3 is 3. The Balaban J connectivity index is 3.34. The van der Waals surface area contributed by atoms with Crippen LogP contribution in [0.2, 0.25) is 0 Å². The molecule has 0 amide bonds. The van der Waals surface area contributed by atoms with E-state index in [-0.39, 0.29) is 0 Å². The van der Waals surface area contributed by atoms with Gasteiger partial charge in [-0.1, -0.05) is 0 Å². The number of rotatable bonds is 6. The van der Waals surface area contributed by atoms with Crippen LogP contribution in [0.1, 0.15) is 5.56 Å². The summed E-state index contributed by atoms with van der Waals surface area (Å²) in [5.41, 5.74) is 0.856. The monoisotopic (exact) mass is 302 g/mol. The largest absolute Gasteiger partial charge is 0.493 e. The minimum absolute atomic E-state index is 0.547. The van der Waals surface area contributed by atoms with Crippen LogP contribution in [0.4, 0.5) is 0 Å². The van der Waals surface area contributed by atoms with E-state index in [2.05, 4.69) is 0 Å². The summed E-state index contributed by atoms with van der Waals surface area (Å²) >= 11 is 1.46. The number of hydrogen-bond donors (Lipinski definition) is 0. The van der Waals surface area contributed by atoms with Crippen LogP contribution in [-0.2, 0) is 10.8 Å². The Hall–Kier alpha value is -1.14. The SMILES string of the molecule is COc1cc(/C=C(\SC)S(C)=O)cc(OC)c1OC. The lowest BCUT2D eigenvalue weighted by molar-refractivity contribution is 0.324. The zero-order valence-corrected chi connectivity index (χ0v) is 13.3. The highest BCUT2D eigenvalue weighted by atomic mass is 32.2. The first-order valence-corrected chi connectivity index (χ1v) is 8.24. The van der Waals surface area contributed by atoms with Crippen LogP contribution in [0.25, 0.3) is 6.08 Å². The molecule has 0 fully saturated rings. The van der Waals surface area contributed by atoms with Crippen LogP contribution in [0.3, 0.4) is 0 Å². The Morgan fingerprint density at radius 3 is 2.00 bits per heavy atom. The number of ether oxygens (including phenoxy) is 3. The molecule has 0 aliphatic rings. The maximum Gasteiger partial charge on any atom is 0.203 e. The molecule has 0 saturated carbocycles. The molecule has 1 atom stereocenters. The molecule has 0 spiro atoms. The molecule has 0 heterocycles. The molecule has 0 aromatic heterocycles. The summed E-state index contributed by atoms with van der Waals surface area (Å²) in [6.07, 6.45) is 5.40. The highest BCUT2D eigenvalue weighted by Gasteiger charge is 2.13. The lowest BCUT2D eigenvalue weighted by Crippen LogP contribution is -1.96. The summed E-state index contributed by atoms with van der Waals surface area (Å²) in [7, 11) is 3.68. The van der Waals surface area contributed by atoms with Gasteiger partial charge >= 0.3 is 0 Å². The molecule has 0 saturated heterocycles. The van der Waals surface area contributed by atoms with Crippen molar-refractivity contribution in [1.82, 2.24) is 0 Å². The van der Waals surface area contributed by atoms with E-state index < -0.39 is 10.8 Å². The fourth-order valence-electron chi connectivity index (χ4n) is 1.58. The predicted octanol–water partition coefficient (Wildman–Crippen LogP) is 2.75. The van der Waals surface area contributed by atoms with Crippen LogP contribution >= 0.6 is 11.8 Å². The lowest BCUT2D eigenvalue weighted by atomic mass is 10.2. The fourth-order valence-corrected chi connectivity index (χ4v) is 3.07. The van der Waals surface area contributed by atoms with Gasteiger partial charge in [0, 0.05) is 6.26 Å². The van der Waals surface area contributed by atoms with Crippen molar-refractivity contribution in [2.24, 2.45) is 0 Å². The molecule has 0 aliphatic carbocycles. The van der Waals surface area contributed by atoms with Gasteiger partial charge in [-0.05, 0) is 30.0 Å². The minimum atomic E-state index is -1.02.